The van der Waals surface area contributed by atoms with Crippen LogP contribution in [0.1, 0.15) is 47.1 Å². The number of sulfonamides is 1. The van der Waals surface area contributed by atoms with Crippen molar-refractivity contribution in [2.45, 2.75) is 108 Å². The molecule has 0 N–H and O–H groups in total. The molecule has 2 rings (SSSR count). The summed E-state index contributed by atoms with van der Waals surface area (Å²) in [7, 11) is -8.43. The lowest BCUT2D eigenvalue weighted by molar-refractivity contribution is 0.0626. The predicted octanol–water partition coefficient (Wildman–Crippen LogP) is 5.67. The van der Waals surface area contributed by atoms with Crippen molar-refractivity contribution in [3.05, 3.63) is 29.8 Å². The second-order valence-corrected chi connectivity index (χ2v) is 23.6. The highest BCUT2D eigenvalue weighted by atomic mass is 32.2. The summed E-state index contributed by atoms with van der Waals surface area (Å²) in [6.07, 6.45) is -1.13. The SMILES string of the molecule is Cc1ccc(S(=O)(=O)N2C[C@@H](O[Si](C)(C)C(C)(C)C)[C@@H](O[Si](C)(C)C(C)(C)C)[C@H]2C#N)cc1. The van der Waals surface area contributed by atoms with E-state index in [1.54, 1.807) is 24.3 Å². The quantitative estimate of drug-likeness (QED) is 0.461. The third kappa shape index (κ3) is 5.80. The van der Waals surface area contributed by atoms with Crippen LogP contribution in [0.2, 0.25) is 36.3 Å². The summed E-state index contributed by atoms with van der Waals surface area (Å²) in [6.45, 7) is 23.5. The van der Waals surface area contributed by atoms with Crippen molar-refractivity contribution in [1.82, 2.24) is 4.31 Å². The van der Waals surface area contributed by atoms with Crippen molar-refractivity contribution in [1.29, 1.82) is 5.26 Å². The average Bonchev–Trinajstić information content (AvgIpc) is 2.97. The third-order valence-corrected chi connectivity index (χ3v) is 18.4. The van der Waals surface area contributed by atoms with Gasteiger partial charge >= 0.3 is 0 Å². The van der Waals surface area contributed by atoms with Gasteiger partial charge in [-0.15, -0.1) is 0 Å². The summed E-state index contributed by atoms with van der Waals surface area (Å²) in [5.74, 6) is 0. The van der Waals surface area contributed by atoms with Gasteiger partial charge in [-0.05, 0) is 55.3 Å². The van der Waals surface area contributed by atoms with Crippen LogP contribution in [0.3, 0.4) is 0 Å². The Kier molecular flexibility index (Phi) is 7.87. The smallest absolute Gasteiger partial charge is 0.244 e. The van der Waals surface area contributed by atoms with Gasteiger partial charge in [0.2, 0.25) is 10.0 Å². The van der Waals surface area contributed by atoms with Crippen LogP contribution in [0.4, 0.5) is 0 Å². The minimum atomic E-state index is -3.88. The Hall–Kier alpha value is -1.03. The Morgan fingerprint density at radius 3 is 1.82 bits per heavy atom. The largest absolute Gasteiger partial charge is 0.410 e. The third-order valence-electron chi connectivity index (χ3n) is 7.60. The molecule has 1 heterocycles. The molecule has 33 heavy (non-hydrogen) atoms. The first-order valence-electron chi connectivity index (χ1n) is 11.6. The van der Waals surface area contributed by atoms with Crippen LogP contribution in [0, 0.1) is 18.3 Å². The van der Waals surface area contributed by atoms with Crippen LogP contribution in [0.25, 0.3) is 0 Å². The number of benzene rings is 1. The first-order chi connectivity index (χ1) is 14.7. The zero-order chi connectivity index (χ0) is 25.6. The summed E-state index contributed by atoms with van der Waals surface area (Å²) in [5.41, 5.74) is 0.977. The lowest BCUT2D eigenvalue weighted by Gasteiger charge is -2.43. The predicted molar refractivity (Wildman–Crippen MR) is 139 cm³/mol. The summed E-state index contributed by atoms with van der Waals surface area (Å²) >= 11 is 0. The van der Waals surface area contributed by atoms with Gasteiger partial charge in [0.15, 0.2) is 16.6 Å². The normalized spacial score (nSPS) is 23.5. The molecular formula is C24H42N2O4SSi2. The van der Waals surface area contributed by atoms with Gasteiger partial charge in [0.1, 0.15) is 12.1 Å². The molecule has 0 bridgehead atoms. The van der Waals surface area contributed by atoms with Crippen LogP contribution in [0.15, 0.2) is 29.2 Å². The van der Waals surface area contributed by atoms with Crippen molar-refractivity contribution in [2.75, 3.05) is 6.54 Å². The van der Waals surface area contributed by atoms with Gasteiger partial charge in [-0.25, -0.2) is 8.42 Å². The number of nitrogens with zero attached hydrogens (tertiary/aromatic N) is 2. The summed E-state index contributed by atoms with van der Waals surface area (Å²) in [6, 6.07) is 8.07. The molecule has 0 radical (unpaired) electrons. The van der Waals surface area contributed by atoms with Crippen molar-refractivity contribution < 1.29 is 17.3 Å². The van der Waals surface area contributed by atoms with E-state index in [0.717, 1.165) is 5.56 Å². The average molecular weight is 511 g/mol. The van der Waals surface area contributed by atoms with Crippen LogP contribution in [-0.2, 0) is 18.9 Å². The van der Waals surface area contributed by atoms with E-state index in [1.165, 1.54) is 4.31 Å². The molecule has 1 aromatic carbocycles. The minimum absolute atomic E-state index is 0.0556. The van der Waals surface area contributed by atoms with Crippen molar-refractivity contribution in [3.8, 4) is 6.07 Å². The second kappa shape index (κ2) is 9.21. The Bertz CT molecular complexity index is 987. The van der Waals surface area contributed by atoms with Gasteiger partial charge in [-0.1, -0.05) is 59.2 Å². The monoisotopic (exact) mass is 510 g/mol. The summed E-state index contributed by atoms with van der Waals surface area (Å²) in [4.78, 5) is 0.187. The molecule has 9 heteroatoms. The maximum absolute atomic E-state index is 13.6. The van der Waals surface area contributed by atoms with Crippen LogP contribution < -0.4 is 0 Å². The highest BCUT2D eigenvalue weighted by Crippen LogP contribution is 2.43. The van der Waals surface area contributed by atoms with E-state index >= 15 is 0 Å². The van der Waals surface area contributed by atoms with E-state index in [0.29, 0.717) is 0 Å². The zero-order valence-electron chi connectivity index (χ0n) is 22.2. The number of hydrogen-bond acceptors (Lipinski definition) is 5. The van der Waals surface area contributed by atoms with Gasteiger partial charge in [0.25, 0.3) is 0 Å². The topological polar surface area (TPSA) is 79.6 Å². The van der Waals surface area contributed by atoms with Gasteiger partial charge in [0, 0.05) is 6.54 Å². The highest BCUT2D eigenvalue weighted by Gasteiger charge is 2.54. The molecule has 1 fully saturated rings. The van der Waals surface area contributed by atoms with Gasteiger partial charge in [-0.3, -0.25) is 0 Å². The zero-order valence-corrected chi connectivity index (χ0v) is 25.0. The Labute approximate surface area is 203 Å². The van der Waals surface area contributed by atoms with E-state index in [9.17, 15) is 13.7 Å². The molecule has 0 aromatic heterocycles. The van der Waals surface area contributed by atoms with Crippen LogP contribution in [-0.4, -0.2) is 54.2 Å². The van der Waals surface area contributed by atoms with E-state index < -0.39 is 44.9 Å². The Balaban J connectivity index is 2.55. The van der Waals surface area contributed by atoms with E-state index in [-0.39, 0.29) is 21.5 Å². The molecule has 0 saturated carbocycles. The lowest BCUT2D eigenvalue weighted by Crippen LogP contribution is -2.53. The number of rotatable bonds is 6. The van der Waals surface area contributed by atoms with Crippen molar-refractivity contribution >= 4 is 26.7 Å². The molecule has 6 nitrogen and oxygen atoms in total. The number of nitriles is 1. The standard InChI is InChI=1S/C24H42N2O4SSi2/c1-18-12-14-19(15-13-18)31(27,28)26-17-21(29-32(8,9)23(2,3)4)22(20(26)16-25)30-33(10,11)24(5,6)7/h12-15,20-22H,17H2,1-11H3/t20-,21-,22+/m1/s1. The van der Waals surface area contributed by atoms with E-state index in [2.05, 4.69) is 73.8 Å². The van der Waals surface area contributed by atoms with Crippen LogP contribution >= 0.6 is 0 Å². The maximum atomic E-state index is 13.6. The molecule has 1 saturated heterocycles. The molecule has 1 aliphatic heterocycles. The first-order valence-corrected chi connectivity index (χ1v) is 18.8. The Morgan fingerprint density at radius 1 is 0.939 bits per heavy atom. The maximum Gasteiger partial charge on any atom is 0.244 e. The molecule has 1 aliphatic rings. The van der Waals surface area contributed by atoms with Gasteiger partial charge in [-0.2, -0.15) is 9.57 Å². The van der Waals surface area contributed by atoms with Crippen molar-refractivity contribution in [3.63, 3.8) is 0 Å². The van der Waals surface area contributed by atoms with E-state index in [4.69, 9.17) is 8.85 Å². The lowest BCUT2D eigenvalue weighted by atomic mass is 10.2. The van der Waals surface area contributed by atoms with Gasteiger partial charge < -0.3 is 8.85 Å². The number of hydrogen-bond donors (Lipinski definition) is 0. The molecule has 186 valence electrons. The summed E-state index contributed by atoms with van der Waals surface area (Å²) < 4.78 is 42.0. The first kappa shape index (κ1) is 28.2. The molecule has 1 aromatic rings. The molecule has 0 unspecified atom stereocenters. The molecular weight excluding hydrogens is 469 g/mol. The van der Waals surface area contributed by atoms with Crippen LogP contribution in [0.5, 0.6) is 0 Å². The fourth-order valence-electron chi connectivity index (χ4n) is 3.31. The number of aryl methyl sites for hydroxylation is 1. The molecule has 0 amide bonds. The fraction of sp³-hybridized carbons (Fsp3) is 0.708. The fourth-order valence-corrected chi connectivity index (χ4v) is 7.50. The van der Waals surface area contributed by atoms with Gasteiger partial charge in [0.05, 0.1) is 17.1 Å². The Morgan fingerprint density at radius 2 is 1.39 bits per heavy atom. The highest BCUT2D eigenvalue weighted by molar-refractivity contribution is 7.89. The summed E-state index contributed by atoms with van der Waals surface area (Å²) in [5, 5.41) is 10.0. The van der Waals surface area contributed by atoms with Crippen molar-refractivity contribution in [2.24, 2.45) is 0 Å². The second-order valence-electron chi connectivity index (χ2n) is 12.2. The minimum Gasteiger partial charge on any atom is -0.410 e. The molecule has 3 atom stereocenters. The molecule has 0 spiro atoms. The molecule has 0 aliphatic carbocycles. The van der Waals surface area contributed by atoms with E-state index in [1.807, 2.05) is 6.92 Å².